The normalized spacial score (nSPS) is 14.4. The average Bonchev–Trinajstić information content (AvgIpc) is 3.20. The summed E-state index contributed by atoms with van der Waals surface area (Å²) in [5.74, 6) is -0.339. The molecule has 33 heavy (non-hydrogen) atoms. The Morgan fingerprint density at radius 2 is 1.73 bits per heavy atom. The van der Waals surface area contributed by atoms with E-state index in [1.54, 1.807) is 17.0 Å². The zero-order valence-electron chi connectivity index (χ0n) is 19.6. The first kappa shape index (κ1) is 22.6. The number of benzene rings is 1. The van der Waals surface area contributed by atoms with Crippen molar-refractivity contribution in [3.05, 3.63) is 59.9 Å². The molecule has 1 aliphatic rings. The van der Waals surface area contributed by atoms with Crippen molar-refractivity contribution in [3.8, 4) is 0 Å². The molecule has 0 unspecified atom stereocenters. The number of esters is 1. The van der Waals surface area contributed by atoms with Gasteiger partial charge in [-0.25, -0.2) is 14.6 Å². The summed E-state index contributed by atoms with van der Waals surface area (Å²) in [4.78, 5) is 32.6. The Kier molecular flexibility index (Phi) is 6.26. The summed E-state index contributed by atoms with van der Waals surface area (Å²) in [7, 11) is 1.38. The number of amides is 1. The Bertz CT molecular complexity index is 1140. The third-order valence-corrected chi connectivity index (χ3v) is 5.61. The SMILES string of the molecule is COC(=O)c1ccc(Cn2ccc3cc(N4CCN(C(=O)OC(C)(C)C)CC4)cnc32)cc1. The highest BCUT2D eigenvalue weighted by molar-refractivity contribution is 5.89. The summed E-state index contributed by atoms with van der Waals surface area (Å²) in [5.41, 5.74) is 3.08. The maximum atomic E-state index is 12.3. The van der Waals surface area contributed by atoms with Crippen LogP contribution in [0.5, 0.6) is 0 Å². The second-order valence-corrected chi connectivity index (χ2v) is 9.19. The number of carbonyl (C=O) groups is 2. The summed E-state index contributed by atoms with van der Waals surface area (Å²) in [6.45, 7) is 9.01. The van der Waals surface area contributed by atoms with Gasteiger partial charge in [0.1, 0.15) is 11.2 Å². The Balaban J connectivity index is 1.41. The highest BCUT2D eigenvalue weighted by atomic mass is 16.6. The molecule has 1 saturated heterocycles. The smallest absolute Gasteiger partial charge is 0.410 e. The number of hydrogen-bond acceptors (Lipinski definition) is 6. The van der Waals surface area contributed by atoms with Gasteiger partial charge in [0, 0.05) is 44.3 Å². The number of nitrogens with zero attached hydrogens (tertiary/aromatic N) is 4. The van der Waals surface area contributed by atoms with Gasteiger partial charge < -0.3 is 23.8 Å². The first-order chi connectivity index (χ1) is 15.7. The largest absolute Gasteiger partial charge is 0.465 e. The fourth-order valence-corrected chi connectivity index (χ4v) is 3.90. The molecule has 8 heteroatoms. The number of anilines is 1. The molecule has 1 amide bonds. The van der Waals surface area contributed by atoms with Crippen LogP contribution in [-0.2, 0) is 16.0 Å². The number of pyridine rings is 1. The Labute approximate surface area is 193 Å². The molecule has 1 fully saturated rings. The molecule has 4 rings (SSSR count). The Morgan fingerprint density at radius 1 is 1.03 bits per heavy atom. The average molecular weight is 451 g/mol. The third-order valence-electron chi connectivity index (χ3n) is 5.61. The van der Waals surface area contributed by atoms with E-state index in [-0.39, 0.29) is 12.1 Å². The molecule has 3 aromatic rings. The molecule has 1 aliphatic heterocycles. The van der Waals surface area contributed by atoms with Crippen LogP contribution in [0.25, 0.3) is 11.0 Å². The minimum Gasteiger partial charge on any atom is -0.465 e. The molecular weight excluding hydrogens is 420 g/mol. The highest BCUT2D eigenvalue weighted by Crippen LogP contribution is 2.23. The van der Waals surface area contributed by atoms with Crippen molar-refractivity contribution in [2.24, 2.45) is 0 Å². The Morgan fingerprint density at radius 3 is 2.36 bits per heavy atom. The molecule has 0 spiro atoms. The number of aromatic nitrogens is 2. The van der Waals surface area contributed by atoms with Crippen LogP contribution in [0.2, 0.25) is 0 Å². The van der Waals surface area contributed by atoms with Crippen LogP contribution in [0, 0.1) is 0 Å². The molecule has 1 aromatic carbocycles. The first-order valence-electron chi connectivity index (χ1n) is 11.1. The van der Waals surface area contributed by atoms with E-state index in [2.05, 4.69) is 21.6 Å². The lowest BCUT2D eigenvalue weighted by molar-refractivity contribution is 0.0240. The monoisotopic (exact) mass is 450 g/mol. The van der Waals surface area contributed by atoms with Crippen molar-refractivity contribution in [2.45, 2.75) is 32.9 Å². The van der Waals surface area contributed by atoms with Crippen molar-refractivity contribution < 1.29 is 19.1 Å². The zero-order chi connectivity index (χ0) is 23.6. The molecule has 8 nitrogen and oxygen atoms in total. The number of piperazine rings is 1. The molecule has 0 bridgehead atoms. The summed E-state index contributed by atoms with van der Waals surface area (Å²) >= 11 is 0. The molecular formula is C25H30N4O4. The minimum absolute atomic E-state index is 0.257. The molecule has 0 N–H and O–H groups in total. The van der Waals surface area contributed by atoms with E-state index in [1.165, 1.54) is 7.11 Å². The van der Waals surface area contributed by atoms with Gasteiger partial charge in [-0.2, -0.15) is 0 Å². The van der Waals surface area contributed by atoms with E-state index in [1.807, 2.05) is 45.3 Å². The van der Waals surface area contributed by atoms with Crippen LogP contribution in [0.1, 0.15) is 36.7 Å². The zero-order valence-corrected chi connectivity index (χ0v) is 19.6. The van der Waals surface area contributed by atoms with Crippen LogP contribution in [-0.4, -0.2) is 65.4 Å². The molecule has 0 atom stereocenters. The summed E-state index contributed by atoms with van der Waals surface area (Å²) in [5, 5.41) is 1.06. The van der Waals surface area contributed by atoms with Crippen LogP contribution in [0.15, 0.2) is 48.8 Å². The van der Waals surface area contributed by atoms with Crippen LogP contribution in [0.4, 0.5) is 10.5 Å². The van der Waals surface area contributed by atoms with E-state index in [0.29, 0.717) is 25.2 Å². The Hall–Kier alpha value is -3.55. The quantitative estimate of drug-likeness (QED) is 0.561. The lowest BCUT2D eigenvalue weighted by Crippen LogP contribution is -2.50. The molecule has 174 valence electrons. The number of carbonyl (C=O) groups excluding carboxylic acids is 2. The molecule has 3 heterocycles. The first-order valence-corrected chi connectivity index (χ1v) is 11.1. The van der Waals surface area contributed by atoms with E-state index in [0.717, 1.165) is 35.4 Å². The van der Waals surface area contributed by atoms with Gasteiger partial charge in [0.2, 0.25) is 0 Å². The number of ether oxygens (including phenoxy) is 2. The van der Waals surface area contributed by atoms with E-state index >= 15 is 0 Å². The summed E-state index contributed by atoms with van der Waals surface area (Å²) < 4.78 is 12.3. The predicted octanol–water partition coefficient (Wildman–Crippen LogP) is 3.93. The maximum Gasteiger partial charge on any atom is 0.410 e. The van der Waals surface area contributed by atoms with Crippen LogP contribution < -0.4 is 4.90 Å². The van der Waals surface area contributed by atoms with Gasteiger partial charge in [-0.05, 0) is 50.6 Å². The predicted molar refractivity (Wildman–Crippen MR) is 127 cm³/mol. The standard InChI is InChI=1S/C25H30N4O4/c1-25(2,3)33-24(31)28-13-11-27(12-14-28)21-15-20-9-10-29(22(20)26-16-21)17-18-5-7-19(8-6-18)23(30)32-4/h5-10,15-16H,11-14,17H2,1-4H3. The second-order valence-electron chi connectivity index (χ2n) is 9.19. The maximum absolute atomic E-state index is 12.3. The fraction of sp³-hybridized carbons (Fsp3) is 0.400. The van der Waals surface area contributed by atoms with Gasteiger partial charge in [-0.15, -0.1) is 0 Å². The van der Waals surface area contributed by atoms with Crippen LogP contribution >= 0.6 is 0 Å². The highest BCUT2D eigenvalue weighted by Gasteiger charge is 2.26. The van der Waals surface area contributed by atoms with Crippen molar-refractivity contribution >= 4 is 28.8 Å². The van der Waals surface area contributed by atoms with Gasteiger partial charge in [0.25, 0.3) is 0 Å². The fourth-order valence-electron chi connectivity index (χ4n) is 3.90. The van der Waals surface area contributed by atoms with Gasteiger partial charge in [-0.3, -0.25) is 0 Å². The summed E-state index contributed by atoms with van der Waals surface area (Å²) in [6.07, 6.45) is 3.66. The van der Waals surface area contributed by atoms with Gasteiger partial charge in [0.15, 0.2) is 0 Å². The third kappa shape index (κ3) is 5.27. The number of fused-ring (bicyclic) bond motifs is 1. The van der Waals surface area contributed by atoms with Crippen molar-refractivity contribution in [2.75, 3.05) is 38.2 Å². The van der Waals surface area contributed by atoms with Crippen LogP contribution in [0.3, 0.4) is 0 Å². The molecule has 0 radical (unpaired) electrons. The second kappa shape index (κ2) is 9.13. The van der Waals surface area contributed by atoms with E-state index in [9.17, 15) is 9.59 Å². The van der Waals surface area contributed by atoms with Gasteiger partial charge in [0.05, 0.1) is 24.6 Å². The van der Waals surface area contributed by atoms with Crippen molar-refractivity contribution in [1.82, 2.24) is 14.5 Å². The molecule has 2 aromatic heterocycles. The summed E-state index contributed by atoms with van der Waals surface area (Å²) in [6, 6.07) is 11.6. The van der Waals surface area contributed by atoms with Gasteiger partial charge in [-0.1, -0.05) is 12.1 Å². The van der Waals surface area contributed by atoms with Gasteiger partial charge >= 0.3 is 12.1 Å². The lowest BCUT2D eigenvalue weighted by atomic mass is 10.1. The number of rotatable bonds is 4. The van der Waals surface area contributed by atoms with Crippen molar-refractivity contribution in [1.29, 1.82) is 0 Å². The number of hydrogen-bond donors (Lipinski definition) is 0. The molecule has 0 aliphatic carbocycles. The topological polar surface area (TPSA) is 76.9 Å². The molecule has 0 saturated carbocycles. The lowest BCUT2D eigenvalue weighted by Gasteiger charge is -2.36. The van der Waals surface area contributed by atoms with E-state index < -0.39 is 5.60 Å². The number of methoxy groups -OCH3 is 1. The van der Waals surface area contributed by atoms with Crippen molar-refractivity contribution in [3.63, 3.8) is 0 Å². The minimum atomic E-state index is -0.486. The van der Waals surface area contributed by atoms with E-state index in [4.69, 9.17) is 14.5 Å².